The van der Waals surface area contributed by atoms with E-state index in [2.05, 4.69) is 5.32 Å². The molecule has 62 heavy (non-hydrogen) atoms. The number of carbonyl (C=O) groups excluding carboxylic acids is 6. The normalized spacial score (nSPS) is 32.5. The Labute approximate surface area is 357 Å². The molecule has 1 amide bonds. The molecule has 2 aromatic carbocycles. The van der Waals surface area contributed by atoms with Crippen molar-refractivity contribution < 1.29 is 72.2 Å². The number of amides is 1. The topological polar surface area (TPSA) is 234 Å². The standard InChI is InChI=1S/C46H51NO15/c1-24-30(60-41(54)44(7,55)36(29-19-14-20-57-29)47-39(52)27-15-10-8-11-16-27)22-46(56)38(61-40(53)28-17-12-9-13-18-28)35-43(6,31(50)21-32-45(35,23-58-32)62-26(3)49)37(51)34(59-25(2)48)33(24)42(46,4)5/h8-20,30-32,34-36,38,50,55-56H,21-23H2,1-7H3,(H,47,52)/t30-,31-,32?,34+,35?,36+,38?,43+,44+,45-,46+/m0/s1. The van der Waals surface area contributed by atoms with Crippen molar-refractivity contribution in [2.24, 2.45) is 16.7 Å². The molecule has 4 aliphatic rings. The first-order valence-corrected chi connectivity index (χ1v) is 20.3. The third kappa shape index (κ3) is 7.02. The van der Waals surface area contributed by atoms with E-state index >= 15 is 4.79 Å². The summed E-state index contributed by atoms with van der Waals surface area (Å²) in [5.41, 5.74) is -10.1. The number of ether oxygens (including phenoxy) is 5. The third-order valence-corrected chi connectivity index (χ3v) is 13.5. The summed E-state index contributed by atoms with van der Waals surface area (Å²) in [5.74, 6) is -7.03. The molecule has 11 atom stereocenters. The number of aliphatic hydroxyl groups excluding tert-OH is 1. The van der Waals surface area contributed by atoms with Crippen LogP contribution in [0.25, 0.3) is 0 Å². The Morgan fingerprint density at radius 1 is 0.887 bits per heavy atom. The maximum atomic E-state index is 15.5. The van der Waals surface area contributed by atoms with Gasteiger partial charge in [0.2, 0.25) is 0 Å². The Bertz CT molecular complexity index is 2290. The second-order valence-electron chi connectivity index (χ2n) is 17.6. The lowest BCUT2D eigenvalue weighted by atomic mass is 9.44. The number of benzene rings is 2. The number of hydrogen-bond acceptors (Lipinski definition) is 15. The first-order chi connectivity index (χ1) is 29.1. The van der Waals surface area contributed by atoms with Crippen molar-refractivity contribution in [1.82, 2.24) is 5.32 Å². The van der Waals surface area contributed by atoms with Gasteiger partial charge in [0, 0.05) is 37.7 Å². The highest BCUT2D eigenvalue weighted by Gasteiger charge is 2.78. The number of aliphatic hydroxyl groups is 3. The minimum atomic E-state index is -2.57. The quantitative estimate of drug-likeness (QED) is 0.129. The minimum Gasteiger partial charge on any atom is -0.467 e. The molecule has 2 bridgehead atoms. The van der Waals surface area contributed by atoms with Gasteiger partial charge in [-0.25, -0.2) is 9.59 Å². The first-order valence-electron chi connectivity index (χ1n) is 20.3. The van der Waals surface area contributed by atoms with Crippen molar-refractivity contribution in [3.8, 4) is 0 Å². The maximum Gasteiger partial charge on any atom is 0.341 e. The number of carbonyl (C=O) groups is 6. The monoisotopic (exact) mass is 857 g/mol. The van der Waals surface area contributed by atoms with E-state index in [1.165, 1.54) is 56.5 Å². The van der Waals surface area contributed by atoms with E-state index in [4.69, 9.17) is 28.1 Å². The molecule has 1 saturated heterocycles. The van der Waals surface area contributed by atoms with Crippen LogP contribution in [0.2, 0.25) is 0 Å². The Balaban J connectivity index is 1.40. The maximum absolute atomic E-state index is 15.5. The molecule has 16 heteroatoms. The fraction of sp³-hybridized carbons (Fsp3) is 0.478. The number of Topliss-reactive ketones (excluding diaryl/α,β-unsaturated/α-hetero) is 1. The molecule has 16 nitrogen and oxygen atoms in total. The van der Waals surface area contributed by atoms with Crippen LogP contribution in [0.5, 0.6) is 0 Å². The van der Waals surface area contributed by atoms with Crippen LogP contribution in [0.4, 0.5) is 0 Å². The summed E-state index contributed by atoms with van der Waals surface area (Å²) in [6, 6.07) is 17.3. The summed E-state index contributed by atoms with van der Waals surface area (Å²) in [5, 5.41) is 40.5. The molecule has 330 valence electrons. The van der Waals surface area contributed by atoms with Gasteiger partial charge in [0.15, 0.2) is 23.1 Å². The second kappa shape index (κ2) is 15.9. The van der Waals surface area contributed by atoms with Gasteiger partial charge in [-0.15, -0.1) is 0 Å². The van der Waals surface area contributed by atoms with Crippen molar-refractivity contribution >= 4 is 35.6 Å². The van der Waals surface area contributed by atoms with E-state index in [0.29, 0.717) is 0 Å². The molecule has 1 aromatic heterocycles. The van der Waals surface area contributed by atoms with E-state index < -0.39 is 112 Å². The fourth-order valence-corrected chi connectivity index (χ4v) is 10.1. The van der Waals surface area contributed by atoms with E-state index in [1.807, 2.05) is 0 Å². The van der Waals surface area contributed by atoms with Gasteiger partial charge in [-0.1, -0.05) is 50.2 Å². The van der Waals surface area contributed by atoms with Gasteiger partial charge in [-0.3, -0.25) is 19.2 Å². The van der Waals surface area contributed by atoms with Gasteiger partial charge in [0.25, 0.3) is 5.91 Å². The highest BCUT2D eigenvalue weighted by Crippen LogP contribution is 2.64. The summed E-state index contributed by atoms with van der Waals surface area (Å²) in [6.07, 6.45) is -7.33. The molecular formula is C46H51NO15. The third-order valence-electron chi connectivity index (χ3n) is 13.5. The molecule has 2 saturated carbocycles. The molecule has 3 aliphatic carbocycles. The van der Waals surface area contributed by atoms with Gasteiger partial charge < -0.3 is 48.7 Å². The average molecular weight is 858 g/mol. The summed E-state index contributed by atoms with van der Waals surface area (Å²) < 4.78 is 35.9. The molecule has 2 heterocycles. The van der Waals surface area contributed by atoms with Crippen molar-refractivity contribution in [3.05, 3.63) is 107 Å². The van der Waals surface area contributed by atoms with Crippen molar-refractivity contribution in [1.29, 1.82) is 0 Å². The average Bonchev–Trinajstić information content (AvgIpc) is 3.76. The number of fused-ring (bicyclic) bond motifs is 5. The molecule has 3 unspecified atom stereocenters. The van der Waals surface area contributed by atoms with Crippen LogP contribution in [-0.2, 0) is 42.9 Å². The van der Waals surface area contributed by atoms with Crippen molar-refractivity contribution in [2.75, 3.05) is 6.61 Å². The van der Waals surface area contributed by atoms with Gasteiger partial charge >= 0.3 is 23.9 Å². The van der Waals surface area contributed by atoms with Gasteiger partial charge in [-0.05, 0) is 68.3 Å². The first kappa shape index (κ1) is 44.4. The number of ketones is 1. The number of rotatable bonds is 10. The van der Waals surface area contributed by atoms with Crippen LogP contribution in [0.15, 0.2) is 94.6 Å². The Kier molecular flexibility index (Phi) is 11.4. The Morgan fingerprint density at radius 3 is 2.06 bits per heavy atom. The van der Waals surface area contributed by atoms with Crippen LogP contribution in [0.3, 0.4) is 0 Å². The molecule has 0 radical (unpaired) electrons. The van der Waals surface area contributed by atoms with Crippen molar-refractivity contribution in [3.63, 3.8) is 0 Å². The highest BCUT2D eigenvalue weighted by atomic mass is 16.6. The smallest absolute Gasteiger partial charge is 0.341 e. The largest absolute Gasteiger partial charge is 0.467 e. The predicted molar refractivity (Wildman–Crippen MR) is 215 cm³/mol. The lowest BCUT2D eigenvalue weighted by molar-refractivity contribution is -0.346. The lowest BCUT2D eigenvalue weighted by Gasteiger charge is -2.67. The van der Waals surface area contributed by atoms with Gasteiger partial charge in [0.05, 0.1) is 35.9 Å². The zero-order valence-electron chi connectivity index (χ0n) is 35.4. The highest BCUT2D eigenvalue weighted by molar-refractivity contribution is 5.96. The molecule has 3 aromatic rings. The molecule has 7 rings (SSSR count). The molecule has 4 N–H and O–H groups in total. The number of hydrogen-bond donors (Lipinski definition) is 4. The van der Waals surface area contributed by atoms with E-state index in [0.717, 1.165) is 20.8 Å². The van der Waals surface area contributed by atoms with Crippen LogP contribution in [0, 0.1) is 16.7 Å². The zero-order chi connectivity index (χ0) is 45.2. The summed E-state index contributed by atoms with van der Waals surface area (Å²) in [7, 11) is 0. The van der Waals surface area contributed by atoms with Crippen molar-refractivity contribution in [2.45, 2.75) is 115 Å². The molecular weight excluding hydrogens is 806 g/mol. The van der Waals surface area contributed by atoms with Crippen LogP contribution in [0.1, 0.15) is 93.8 Å². The van der Waals surface area contributed by atoms with Crippen LogP contribution in [-0.4, -0.2) is 105 Å². The second-order valence-corrected chi connectivity index (χ2v) is 17.6. The summed E-state index contributed by atoms with van der Waals surface area (Å²) in [4.78, 5) is 83.7. The van der Waals surface area contributed by atoms with Crippen LogP contribution >= 0.6 is 0 Å². The van der Waals surface area contributed by atoms with Gasteiger partial charge in [0.1, 0.15) is 35.7 Å². The zero-order valence-corrected chi connectivity index (χ0v) is 35.4. The Morgan fingerprint density at radius 2 is 1.52 bits per heavy atom. The van der Waals surface area contributed by atoms with E-state index in [-0.39, 0.29) is 41.1 Å². The van der Waals surface area contributed by atoms with Gasteiger partial charge in [-0.2, -0.15) is 0 Å². The number of esters is 4. The lowest BCUT2D eigenvalue weighted by Crippen LogP contribution is -2.82. The van der Waals surface area contributed by atoms with Crippen LogP contribution < -0.4 is 5.32 Å². The predicted octanol–water partition coefficient (Wildman–Crippen LogP) is 3.72. The van der Waals surface area contributed by atoms with E-state index in [9.17, 15) is 39.3 Å². The SMILES string of the molecule is CC(=O)O[C@H]1C(=O)[C@@]2(C)C(C(OC(=O)c3ccccc3)[C@]3(O)C[C@H](OC(=O)[C@](C)(O)[C@H](NC(=O)c4ccccc4)c4ccco4)C(C)=C1C3(C)C)[C@]1(OC(C)=O)COC1C[C@@H]2O. The summed E-state index contributed by atoms with van der Waals surface area (Å²) >= 11 is 0. The number of nitrogens with one attached hydrogen (secondary N) is 1. The Hall–Kier alpha value is -5.68. The minimum absolute atomic E-state index is 0.00328. The number of furan rings is 1. The van der Waals surface area contributed by atoms with E-state index in [1.54, 1.807) is 50.2 Å². The molecule has 0 spiro atoms. The summed E-state index contributed by atoms with van der Waals surface area (Å²) in [6.45, 7) is 9.01. The fourth-order valence-electron chi connectivity index (χ4n) is 10.1. The molecule has 1 aliphatic heterocycles. The molecule has 3 fully saturated rings.